The zero-order valence-corrected chi connectivity index (χ0v) is 16.7. The van der Waals surface area contributed by atoms with E-state index in [1.807, 2.05) is 36.4 Å². The molecule has 0 unspecified atom stereocenters. The molecule has 0 radical (unpaired) electrons. The lowest BCUT2D eigenvalue weighted by atomic mass is 10.2. The number of ether oxygens (including phenoxy) is 1. The van der Waals surface area contributed by atoms with Gasteiger partial charge in [-0.3, -0.25) is 0 Å². The fourth-order valence-electron chi connectivity index (χ4n) is 2.84. The number of hydrogen-bond donors (Lipinski definition) is 4. The third-order valence-electron chi connectivity index (χ3n) is 4.46. The van der Waals surface area contributed by atoms with E-state index in [2.05, 4.69) is 24.5 Å². The summed E-state index contributed by atoms with van der Waals surface area (Å²) in [6, 6.07) is 11.5. The van der Waals surface area contributed by atoms with Gasteiger partial charge in [-0.15, -0.1) is 0 Å². The van der Waals surface area contributed by atoms with Gasteiger partial charge in [-0.25, -0.2) is 0 Å². The molecule has 0 bridgehead atoms. The summed E-state index contributed by atoms with van der Waals surface area (Å²) < 4.78 is 5.93. The minimum absolute atomic E-state index is 0.594. The minimum Gasteiger partial charge on any atom is -0.453 e. The van der Waals surface area contributed by atoms with Gasteiger partial charge in [0.15, 0.2) is 11.5 Å². The number of nitrogens with two attached hydrogens (primary N) is 2. The normalized spacial score (nSPS) is 10.6. The van der Waals surface area contributed by atoms with Crippen LogP contribution in [0.4, 0.5) is 22.7 Å². The second-order valence-electron chi connectivity index (χ2n) is 6.88. The van der Waals surface area contributed by atoms with Crippen molar-refractivity contribution in [1.82, 2.24) is 0 Å². The molecular weight excluding hydrogens is 336 g/mol. The van der Waals surface area contributed by atoms with Gasteiger partial charge >= 0.3 is 0 Å². The molecule has 0 aromatic heterocycles. The Labute approximate surface area is 163 Å². The van der Waals surface area contributed by atoms with Crippen molar-refractivity contribution >= 4 is 22.7 Å². The lowest BCUT2D eigenvalue weighted by Crippen LogP contribution is -2.03. The summed E-state index contributed by atoms with van der Waals surface area (Å²) in [5, 5.41) is 6.78. The molecular formula is C22H34N4O. The number of nitrogen functional groups attached to an aromatic ring is 2. The van der Waals surface area contributed by atoms with E-state index < -0.39 is 0 Å². The van der Waals surface area contributed by atoms with E-state index in [1.54, 1.807) is 0 Å². The first kappa shape index (κ1) is 20.7. The van der Waals surface area contributed by atoms with Gasteiger partial charge in [-0.1, -0.05) is 39.5 Å². The highest BCUT2D eigenvalue weighted by molar-refractivity contribution is 5.67. The average Bonchev–Trinajstić information content (AvgIpc) is 2.66. The van der Waals surface area contributed by atoms with Gasteiger partial charge in [0.05, 0.1) is 11.4 Å². The van der Waals surface area contributed by atoms with Crippen molar-refractivity contribution < 1.29 is 4.74 Å². The predicted molar refractivity (Wildman–Crippen MR) is 118 cm³/mol. The van der Waals surface area contributed by atoms with Crippen molar-refractivity contribution in [3.63, 3.8) is 0 Å². The first-order chi connectivity index (χ1) is 13.1. The molecule has 6 N–H and O–H groups in total. The molecule has 2 rings (SSSR count). The number of rotatable bonds is 12. The second-order valence-corrected chi connectivity index (χ2v) is 6.88. The van der Waals surface area contributed by atoms with E-state index in [0.717, 1.165) is 37.3 Å². The van der Waals surface area contributed by atoms with Gasteiger partial charge in [0.25, 0.3) is 0 Å². The molecule has 0 heterocycles. The summed E-state index contributed by atoms with van der Waals surface area (Å²) in [5.74, 6) is 1.23. The summed E-state index contributed by atoms with van der Waals surface area (Å²) >= 11 is 0. The molecule has 0 saturated heterocycles. The number of benzene rings is 2. The minimum atomic E-state index is 0.594. The fraction of sp³-hybridized carbons (Fsp3) is 0.455. The molecule has 2 aromatic carbocycles. The van der Waals surface area contributed by atoms with Crippen LogP contribution in [0.2, 0.25) is 0 Å². The Hall–Kier alpha value is -2.56. The maximum Gasteiger partial charge on any atom is 0.150 e. The van der Waals surface area contributed by atoms with Crippen LogP contribution in [-0.4, -0.2) is 13.1 Å². The van der Waals surface area contributed by atoms with E-state index in [0.29, 0.717) is 22.9 Å². The molecule has 0 aliphatic carbocycles. The predicted octanol–water partition coefficient (Wildman–Crippen LogP) is 5.85. The van der Waals surface area contributed by atoms with E-state index in [4.69, 9.17) is 16.2 Å². The molecule has 2 aromatic rings. The first-order valence-corrected chi connectivity index (χ1v) is 10.1. The molecule has 0 aliphatic heterocycles. The Morgan fingerprint density at radius 1 is 0.704 bits per heavy atom. The van der Waals surface area contributed by atoms with Crippen molar-refractivity contribution in [2.45, 2.75) is 52.4 Å². The molecule has 0 fully saturated rings. The van der Waals surface area contributed by atoms with Crippen molar-refractivity contribution in [3.8, 4) is 11.5 Å². The molecule has 0 spiro atoms. The van der Waals surface area contributed by atoms with Gasteiger partial charge < -0.3 is 26.8 Å². The van der Waals surface area contributed by atoms with Crippen LogP contribution in [0.25, 0.3) is 0 Å². The van der Waals surface area contributed by atoms with Crippen LogP contribution < -0.4 is 26.8 Å². The zero-order chi connectivity index (χ0) is 19.5. The van der Waals surface area contributed by atoms with Crippen LogP contribution in [0.15, 0.2) is 36.4 Å². The third kappa shape index (κ3) is 6.93. The van der Waals surface area contributed by atoms with Gasteiger partial charge in [0, 0.05) is 24.5 Å². The number of nitrogens with one attached hydrogen (secondary N) is 2. The summed E-state index contributed by atoms with van der Waals surface area (Å²) in [4.78, 5) is 0. The van der Waals surface area contributed by atoms with E-state index in [9.17, 15) is 0 Å². The summed E-state index contributed by atoms with van der Waals surface area (Å²) in [6.07, 6.45) is 7.20. The topological polar surface area (TPSA) is 85.3 Å². The summed E-state index contributed by atoms with van der Waals surface area (Å²) in [7, 11) is 0. The van der Waals surface area contributed by atoms with Gasteiger partial charge in [0.1, 0.15) is 0 Å². The highest BCUT2D eigenvalue weighted by atomic mass is 16.5. The van der Waals surface area contributed by atoms with Crippen LogP contribution in [0.5, 0.6) is 11.5 Å². The van der Waals surface area contributed by atoms with E-state index in [1.165, 1.54) is 25.7 Å². The molecule has 5 heteroatoms. The number of unbranched alkanes of at least 4 members (excludes halogenated alkanes) is 4. The lowest BCUT2D eigenvalue weighted by molar-refractivity contribution is 0.487. The van der Waals surface area contributed by atoms with Gasteiger partial charge in [-0.05, 0) is 49.2 Å². The monoisotopic (exact) mass is 370 g/mol. The number of anilines is 4. The fourth-order valence-corrected chi connectivity index (χ4v) is 2.84. The van der Waals surface area contributed by atoms with Crippen molar-refractivity contribution in [3.05, 3.63) is 36.4 Å². The van der Waals surface area contributed by atoms with Crippen LogP contribution in [0, 0.1) is 0 Å². The lowest BCUT2D eigenvalue weighted by Gasteiger charge is -2.14. The smallest absolute Gasteiger partial charge is 0.150 e. The van der Waals surface area contributed by atoms with Crippen LogP contribution >= 0.6 is 0 Å². The van der Waals surface area contributed by atoms with Gasteiger partial charge in [0.2, 0.25) is 0 Å². The molecule has 27 heavy (non-hydrogen) atoms. The Kier molecular flexibility index (Phi) is 8.62. The van der Waals surface area contributed by atoms with Crippen LogP contribution in [-0.2, 0) is 0 Å². The molecule has 5 nitrogen and oxygen atoms in total. The Balaban J connectivity index is 1.93. The Morgan fingerprint density at radius 3 is 1.52 bits per heavy atom. The SMILES string of the molecule is CCCCCNc1ccc(Oc2ccc(NCCCCC)cc2N)c(N)c1. The summed E-state index contributed by atoms with van der Waals surface area (Å²) in [6.45, 7) is 6.30. The van der Waals surface area contributed by atoms with Crippen molar-refractivity contribution in [2.24, 2.45) is 0 Å². The van der Waals surface area contributed by atoms with Crippen LogP contribution in [0.3, 0.4) is 0 Å². The van der Waals surface area contributed by atoms with E-state index in [-0.39, 0.29) is 0 Å². The second kappa shape index (κ2) is 11.2. The maximum atomic E-state index is 6.16. The third-order valence-corrected chi connectivity index (χ3v) is 4.46. The Morgan fingerprint density at radius 2 is 1.15 bits per heavy atom. The highest BCUT2D eigenvalue weighted by Crippen LogP contribution is 2.34. The zero-order valence-electron chi connectivity index (χ0n) is 16.7. The van der Waals surface area contributed by atoms with Crippen LogP contribution in [0.1, 0.15) is 52.4 Å². The molecule has 148 valence electrons. The van der Waals surface area contributed by atoms with Crippen molar-refractivity contribution in [1.29, 1.82) is 0 Å². The Bertz CT molecular complexity index is 643. The standard InChI is InChI=1S/C22H34N4O/c1-3-5-7-13-25-17-9-11-21(19(23)15-17)27-22-12-10-18(16-20(22)24)26-14-8-6-4-2/h9-12,15-16,25-26H,3-8,13-14,23-24H2,1-2H3. The maximum absolute atomic E-state index is 6.16. The molecule has 0 atom stereocenters. The molecule has 0 saturated carbocycles. The van der Waals surface area contributed by atoms with Gasteiger partial charge in [-0.2, -0.15) is 0 Å². The largest absolute Gasteiger partial charge is 0.453 e. The molecule has 0 amide bonds. The molecule has 0 aliphatic rings. The number of hydrogen-bond acceptors (Lipinski definition) is 5. The highest BCUT2D eigenvalue weighted by Gasteiger charge is 2.07. The van der Waals surface area contributed by atoms with Crippen molar-refractivity contribution in [2.75, 3.05) is 35.2 Å². The quantitative estimate of drug-likeness (QED) is 0.278. The first-order valence-electron chi connectivity index (χ1n) is 10.1. The van der Waals surface area contributed by atoms with E-state index >= 15 is 0 Å². The summed E-state index contributed by atoms with van der Waals surface area (Å²) in [5.41, 5.74) is 15.5. The average molecular weight is 371 g/mol.